The smallest absolute Gasteiger partial charge is 0.362 e. The Bertz CT molecular complexity index is 1080. The fourth-order valence-corrected chi connectivity index (χ4v) is 2.90. The van der Waals surface area contributed by atoms with E-state index in [0.29, 0.717) is 15.8 Å². The third kappa shape index (κ3) is 5.02. The zero-order valence-corrected chi connectivity index (χ0v) is 16.4. The first-order valence-electron chi connectivity index (χ1n) is 8.57. The number of rotatable bonds is 7. The first kappa shape index (κ1) is 20.1. The lowest BCUT2D eigenvalue weighted by atomic mass is 10.3. The summed E-state index contributed by atoms with van der Waals surface area (Å²) in [6.07, 6.45) is 0. The molecule has 0 aliphatic heterocycles. The van der Waals surface area contributed by atoms with Crippen molar-refractivity contribution in [2.24, 2.45) is 0 Å². The van der Waals surface area contributed by atoms with Crippen molar-refractivity contribution in [3.8, 4) is 11.4 Å². The second-order valence-corrected chi connectivity index (χ2v) is 6.81. The van der Waals surface area contributed by atoms with Crippen LogP contribution in [-0.4, -0.2) is 45.1 Å². The van der Waals surface area contributed by atoms with Gasteiger partial charge in [0.05, 0.1) is 18.4 Å². The van der Waals surface area contributed by atoms with Crippen LogP contribution in [-0.2, 0) is 9.53 Å². The molecule has 1 N–H and O–H groups in total. The average Bonchev–Trinajstić information content (AvgIpc) is 3.11. The van der Waals surface area contributed by atoms with E-state index in [2.05, 4.69) is 20.6 Å². The van der Waals surface area contributed by atoms with E-state index in [1.807, 2.05) is 0 Å². The molecule has 0 radical (unpaired) electrons. The van der Waals surface area contributed by atoms with Gasteiger partial charge in [0, 0.05) is 0 Å². The van der Waals surface area contributed by atoms with Crippen LogP contribution >= 0.6 is 11.3 Å². The number of esters is 1. The SMILES string of the molecule is CCOC(=O)c1nn(-c2ccccc2)c(=O)cc1OCC(=O)Nc1nnc(C)s1. The predicted octanol–water partition coefficient (Wildman–Crippen LogP) is 1.59. The highest BCUT2D eigenvalue weighted by molar-refractivity contribution is 7.15. The first-order valence-corrected chi connectivity index (χ1v) is 9.39. The average molecular weight is 415 g/mol. The van der Waals surface area contributed by atoms with Crippen molar-refractivity contribution in [1.82, 2.24) is 20.0 Å². The van der Waals surface area contributed by atoms with Crippen LogP contribution in [0.25, 0.3) is 5.69 Å². The standard InChI is InChI=1S/C18H17N5O5S/c1-3-27-17(26)16-13(28-10-14(24)19-18-21-20-11(2)29-18)9-15(25)23(22-16)12-7-5-4-6-8-12/h4-9H,3,10H2,1-2H3,(H,19,21,24). The molecule has 2 heterocycles. The van der Waals surface area contributed by atoms with Crippen LogP contribution in [0.4, 0.5) is 5.13 Å². The lowest BCUT2D eigenvalue weighted by molar-refractivity contribution is -0.118. The normalized spacial score (nSPS) is 10.4. The summed E-state index contributed by atoms with van der Waals surface area (Å²) >= 11 is 1.20. The van der Waals surface area contributed by atoms with E-state index in [0.717, 1.165) is 10.7 Å². The summed E-state index contributed by atoms with van der Waals surface area (Å²) < 4.78 is 11.4. The van der Waals surface area contributed by atoms with Gasteiger partial charge < -0.3 is 9.47 Å². The largest absolute Gasteiger partial charge is 0.481 e. The van der Waals surface area contributed by atoms with Gasteiger partial charge in [-0.2, -0.15) is 9.78 Å². The Kier molecular flexibility index (Phi) is 6.29. The van der Waals surface area contributed by atoms with Gasteiger partial charge in [-0.25, -0.2) is 4.79 Å². The van der Waals surface area contributed by atoms with Gasteiger partial charge in [0.15, 0.2) is 12.4 Å². The molecular formula is C18H17N5O5S. The van der Waals surface area contributed by atoms with Crippen LogP contribution in [0.2, 0.25) is 0 Å². The highest BCUT2D eigenvalue weighted by atomic mass is 32.1. The summed E-state index contributed by atoms with van der Waals surface area (Å²) in [6.45, 7) is 3.05. The van der Waals surface area contributed by atoms with Gasteiger partial charge in [0.2, 0.25) is 10.8 Å². The molecule has 0 unspecified atom stereocenters. The number of carbonyl (C=O) groups excluding carboxylic acids is 2. The number of nitrogens with one attached hydrogen (secondary N) is 1. The van der Waals surface area contributed by atoms with Crippen LogP contribution in [0, 0.1) is 6.92 Å². The van der Waals surface area contributed by atoms with E-state index in [-0.39, 0.29) is 18.1 Å². The van der Waals surface area contributed by atoms with E-state index in [9.17, 15) is 14.4 Å². The van der Waals surface area contributed by atoms with Crippen molar-refractivity contribution >= 4 is 28.3 Å². The number of nitrogens with zero attached hydrogens (tertiary/aromatic N) is 4. The predicted molar refractivity (Wildman–Crippen MR) is 105 cm³/mol. The molecule has 0 bridgehead atoms. The van der Waals surface area contributed by atoms with Crippen molar-refractivity contribution < 1.29 is 19.1 Å². The minimum absolute atomic E-state index is 0.112. The summed E-state index contributed by atoms with van der Waals surface area (Å²) in [5, 5.41) is 15.2. The summed E-state index contributed by atoms with van der Waals surface area (Å²) in [7, 11) is 0. The molecule has 3 aromatic rings. The molecule has 0 aliphatic rings. The number of amides is 1. The molecule has 0 saturated carbocycles. The van der Waals surface area contributed by atoms with Crippen molar-refractivity contribution in [3.63, 3.8) is 0 Å². The summed E-state index contributed by atoms with van der Waals surface area (Å²) in [4.78, 5) is 36.8. The highest BCUT2D eigenvalue weighted by Crippen LogP contribution is 2.17. The van der Waals surface area contributed by atoms with Crippen LogP contribution in [0.15, 0.2) is 41.2 Å². The molecule has 0 spiro atoms. The number of aromatic nitrogens is 4. The molecule has 29 heavy (non-hydrogen) atoms. The van der Waals surface area contributed by atoms with Crippen LogP contribution in [0.3, 0.4) is 0 Å². The fourth-order valence-electron chi connectivity index (χ4n) is 2.29. The summed E-state index contributed by atoms with van der Waals surface area (Å²) in [5.41, 5.74) is -0.270. The zero-order chi connectivity index (χ0) is 20.8. The topological polar surface area (TPSA) is 125 Å². The third-order valence-corrected chi connectivity index (χ3v) is 4.25. The number of hydrogen-bond donors (Lipinski definition) is 1. The molecule has 0 saturated heterocycles. The molecule has 150 valence electrons. The van der Waals surface area contributed by atoms with E-state index in [4.69, 9.17) is 9.47 Å². The van der Waals surface area contributed by atoms with Gasteiger partial charge in [0.1, 0.15) is 5.01 Å². The third-order valence-electron chi connectivity index (χ3n) is 3.50. The Balaban J connectivity index is 1.84. The zero-order valence-electron chi connectivity index (χ0n) is 15.6. The van der Waals surface area contributed by atoms with Gasteiger partial charge in [-0.15, -0.1) is 10.2 Å². The number of para-hydroxylation sites is 1. The van der Waals surface area contributed by atoms with Gasteiger partial charge in [-0.1, -0.05) is 29.5 Å². The Hall–Kier alpha value is -3.60. The first-order chi connectivity index (χ1) is 14.0. The van der Waals surface area contributed by atoms with Crippen LogP contribution in [0.5, 0.6) is 5.75 Å². The number of hydrogen-bond acceptors (Lipinski definition) is 9. The number of aryl methyl sites for hydroxylation is 1. The molecule has 10 nitrogen and oxygen atoms in total. The number of carbonyl (C=O) groups is 2. The van der Waals surface area contributed by atoms with Crippen LogP contribution < -0.4 is 15.6 Å². The van der Waals surface area contributed by atoms with E-state index in [1.165, 1.54) is 11.3 Å². The van der Waals surface area contributed by atoms with E-state index < -0.39 is 24.0 Å². The Morgan fingerprint density at radius 1 is 1.21 bits per heavy atom. The maximum atomic E-state index is 12.5. The van der Waals surface area contributed by atoms with Crippen molar-refractivity contribution in [1.29, 1.82) is 0 Å². The fraction of sp³-hybridized carbons (Fsp3) is 0.222. The number of ether oxygens (including phenoxy) is 2. The van der Waals surface area contributed by atoms with Gasteiger partial charge in [-0.3, -0.25) is 14.9 Å². The maximum absolute atomic E-state index is 12.5. The molecule has 11 heteroatoms. The molecule has 3 rings (SSSR count). The maximum Gasteiger partial charge on any atom is 0.362 e. The Morgan fingerprint density at radius 3 is 2.62 bits per heavy atom. The van der Waals surface area contributed by atoms with Crippen molar-refractivity contribution in [2.75, 3.05) is 18.5 Å². The van der Waals surface area contributed by atoms with Crippen LogP contribution in [0.1, 0.15) is 22.4 Å². The molecule has 2 aromatic heterocycles. The highest BCUT2D eigenvalue weighted by Gasteiger charge is 2.20. The van der Waals surface area contributed by atoms with Gasteiger partial charge in [-0.05, 0) is 26.0 Å². The van der Waals surface area contributed by atoms with Gasteiger partial charge >= 0.3 is 5.97 Å². The minimum atomic E-state index is -0.771. The Labute approximate surface area is 169 Å². The Morgan fingerprint density at radius 2 is 1.97 bits per heavy atom. The molecule has 0 aliphatic carbocycles. The lowest BCUT2D eigenvalue weighted by Gasteiger charge is -2.12. The molecule has 0 fully saturated rings. The van der Waals surface area contributed by atoms with E-state index in [1.54, 1.807) is 44.2 Å². The quantitative estimate of drug-likeness (QED) is 0.577. The van der Waals surface area contributed by atoms with Crippen molar-refractivity contribution in [3.05, 3.63) is 57.5 Å². The van der Waals surface area contributed by atoms with Gasteiger partial charge in [0.25, 0.3) is 11.5 Å². The van der Waals surface area contributed by atoms with E-state index >= 15 is 0 Å². The monoisotopic (exact) mass is 415 g/mol. The molecule has 1 aromatic carbocycles. The minimum Gasteiger partial charge on any atom is -0.481 e. The summed E-state index contributed by atoms with van der Waals surface area (Å²) in [6, 6.07) is 9.68. The number of benzene rings is 1. The summed E-state index contributed by atoms with van der Waals surface area (Å²) in [5.74, 6) is -1.44. The second kappa shape index (κ2) is 9.06. The van der Waals surface area contributed by atoms with Crippen molar-refractivity contribution in [2.45, 2.75) is 13.8 Å². The lowest BCUT2D eigenvalue weighted by Crippen LogP contribution is -2.27. The second-order valence-electron chi connectivity index (χ2n) is 5.63. The number of anilines is 1. The molecule has 0 atom stereocenters. The molecule has 1 amide bonds. The molecular weight excluding hydrogens is 398 g/mol.